The zero-order chi connectivity index (χ0) is 15.6. The highest BCUT2D eigenvalue weighted by molar-refractivity contribution is 9.10. The molecule has 0 unspecified atom stereocenters. The Morgan fingerprint density at radius 2 is 1.71 bits per heavy atom. The molecule has 2 aromatic rings. The van der Waals surface area contributed by atoms with Crippen molar-refractivity contribution in [3.63, 3.8) is 0 Å². The van der Waals surface area contributed by atoms with Crippen LogP contribution >= 0.6 is 15.9 Å². The molecule has 2 aromatic carbocycles. The average molecular weight is 361 g/mol. The van der Waals surface area contributed by atoms with Crippen LogP contribution in [0.4, 0.5) is 30.2 Å². The molecule has 2 rings (SSSR count). The van der Waals surface area contributed by atoms with Crippen molar-refractivity contribution < 1.29 is 17.9 Å². The molecule has 3 nitrogen and oxygen atoms in total. The molecular formula is C14H12BrF3N2O. The molecule has 21 heavy (non-hydrogen) atoms. The van der Waals surface area contributed by atoms with E-state index in [-0.39, 0.29) is 33.9 Å². The molecule has 7 heteroatoms. The molecule has 0 fully saturated rings. The van der Waals surface area contributed by atoms with Crippen LogP contribution in [0.15, 0.2) is 28.7 Å². The molecular weight excluding hydrogens is 349 g/mol. The third kappa shape index (κ3) is 3.41. The van der Waals surface area contributed by atoms with E-state index in [1.807, 2.05) is 0 Å². The van der Waals surface area contributed by atoms with Gasteiger partial charge in [0.15, 0.2) is 23.2 Å². The van der Waals surface area contributed by atoms with Crippen molar-refractivity contribution in [2.75, 3.05) is 17.7 Å². The molecule has 0 radical (unpaired) electrons. The van der Waals surface area contributed by atoms with E-state index in [2.05, 4.69) is 21.2 Å². The van der Waals surface area contributed by atoms with E-state index in [1.54, 1.807) is 6.92 Å². The van der Waals surface area contributed by atoms with Gasteiger partial charge in [-0.05, 0) is 19.1 Å². The van der Waals surface area contributed by atoms with Crippen LogP contribution in [0.25, 0.3) is 0 Å². The zero-order valence-corrected chi connectivity index (χ0v) is 12.6. The first-order valence-electron chi connectivity index (χ1n) is 6.05. The van der Waals surface area contributed by atoms with Crippen LogP contribution in [0.1, 0.15) is 6.92 Å². The van der Waals surface area contributed by atoms with Gasteiger partial charge in [-0.3, -0.25) is 0 Å². The second-order valence-electron chi connectivity index (χ2n) is 4.17. The van der Waals surface area contributed by atoms with Crippen LogP contribution in [0.2, 0.25) is 0 Å². The number of nitrogens with two attached hydrogens (primary N) is 1. The van der Waals surface area contributed by atoms with Crippen LogP contribution in [0.3, 0.4) is 0 Å². The van der Waals surface area contributed by atoms with Crippen molar-refractivity contribution in [3.05, 3.63) is 46.2 Å². The molecule has 0 spiro atoms. The van der Waals surface area contributed by atoms with E-state index in [0.717, 1.165) is 18.2 Å². The van der Waals surface area contributed by atoms with Crippen molar-refractivity contribution in [3.8, 4) is 5.75 Å². The summed E-state index contributed by atoms with van der Waals surface area (Å²) in [4.78, 5) is 0. The molecule has 112 valence electrons. The van der Waals surface area contributed by atoms with Gasteiger partial charge in [0.05, 0.1) is 18.0 Å². The van der Waals surface area contributed by atoms with Gasteiger partial charge in [0.25, 0.3) is 0 Å². The Morgan fingerprint density at radius 1 is 1.10 bits per heavy atom. The predicted molar refractivity (Wildman–Crippen MR) is 79.3 cm³/mol. The number of rotatable bonds is 4. The molecule has 0 aliphatic carbocycles. The zero-order valence-electron chi connectivity index (χ0n) is 11.0. The molecule has 0 aliphatic heterocycles. The quantitative estimate of drug-likeness (QED) is 0.783. The number of anilines is 3. The van der Waals surface area contributed by atoms with Crippen LogP contribution in [0, 0.1) is 17.5 Å². The highest BCUT2D eigenvalue weighted by Crippen LogP contribution is 2.33. The molecule has 0 heterocycles. The number of halogens is 4. The summed E-state index contributed by atoms with van der Waals surface area (Å²) >= 11 is 2.99. The van der Waals surface area contributed by atoms with E-state index in [0.29, 0.717) is 0 Å². The number of nitrogens with one attached hydrogen (secondary N) is 1. The average Bonchev–Trinajstić information content (AvgIpc) is 2.38. The summed E-state index contributed by atoms with van der Waals surface area (Å²) in [5.41, 5.74) is 5.44. The van der Waals surface area contributed by atoms with Gasteiger partial charge in [0.1, 0.15) is 5.69 Å². The third-order valence-corrected chi connectivity index (χ3v) is 3.13. The summed E-state index contributed by atoms with van der Waals surface area (Å²) in [6.07, 6.45) is 0. The Morgan fingerprint density at radius 3 is 2.29 bits per heavy atom. The topological polar surface area (TPSA) is 47.3 Å². The standard InChI is InChI=1S/C14H12BrF3N2O/c1-2-21-13-6-12(11(19)5-8(13)16)20-14-9(17)3-7(15)4-10(14)18/h3-6,20H,2,19H2,1H3. The Bertz CT molecular complexity index is 657. The minimum atomic E-state index is -0.802. The van der Waals surface area contributed by atoms with Gasteiger partial charge in [-0.15, -0.1) is 0 Å². The minimum Gasteiger partial charge on any atom is -0.491 e. The lowest BCUT2D eigenvalue weighted by molar-refractivity contribution is 0.322. The van der Waals surface area contributed by atoms with Crippen molar-refractivity contribution >= 4 is 33.0 Å². The molecule has 0 atom stereocenters. The highest BCUT2D eigenvalue weighted by Gasteiger charge is 2.14. The van der Waals surface area contributed by atoms with E-state index in [4.69, 9.17) is 10.5 Å². The number of nitrogen functional groups attached to an aromatic ring is 1. The van der Waals surface area contributed by atoms with Gasteiger partial charge < -0.3 is 15.8 Å². The van der Waals surface area contributed by atoms with Crippen molar-refractivity contribution in [1.29, 1.82) is 0 Å². The van der Waals surface area contributed by atoms with E-state index >= 15 is 0 Å². The van der Waals surface area contributed by atoms with E-state index < -0.39 is 17.5 Å². The first-order chi connectivity index (χ1) is 9.92. The predicted octanol–water partition coefficient (Wildman–Crippen LogP) is 4.59. The number of hydrogen-bond acceptors (Lipinski definition) is 3. The second kappa shape index (κ2) is 6.26. The van der Waals surface area contributed by atoms with Crippen LogP contribution in [-0.2, 0) is 0 Å². The lowest BCUT2D eigenvalue weighted by atomic mass is 10.2. The van der Waals surface area contributed by atoms with Gasteiger partial charge in [-0.2, -0.15) is 0 Å². The lowest BCUT2D eigenvalue weighted by Crippen LogP contribution is -2.03. The Kier molecular flexibility index (Phi) is 4.62. The molecule has 0 saturated heterocycles. The van der Waals surface area contributed by atoms with Gasteiger partial charge in [-0.25, -0.2) is 13.2 Å². The molecule has 0 aromatic heterocycles. The summed E-state index contributed by atoms with van der Waals surface area (Å²) in [5, 5.41) is 2.52. The van der Waals surface area contributed by atoms with Gasteiger partial charge in [-0.1, -0.05) is 15.9 Å². The lowest BCUT2D eigenvalue weighted by Gasteiger charge is -2.14. The normalized spacial score (nSPS) is 10.5. The number of hydrogen-bond donors (Lipinski definition) is 2. The minimum absolute atomic E-state index is 0.0117. The largest absolute Gasteiger partial charge is 0.491 e. The van der Waals surface area contributed by atoms with E-state index in [1.165, 1.54) is 6.07 Å². The molecule has 3 N–H and O–H groups in total. The number of ether oxygens (including phenoxy) is 1. The SMILES string of the molecule is CCOc1cc(Nc2c(F)cc(Br)cc2F)c(N)cc1F. The molecule has 0 amide bonds. The van der Waals surface area contributed by atoms with Crippen molar-refractivity contribution in [2.24, 2.45) is 0 Å². The maximum absolute atomic E-state index is 13.8. The first-order valence-corrected chi connectivity index (χ1v) is 6.85. The fourth-order valence-electron chi connectivity index (χ4n) is 1.74. The Balaban J connectivity index is 2.42. The van der Waals surface area contributed by atoms with Crippen LogP contribution < -0.4 is 15.8 Å². The summed E-state index contributed by atoms with van der Waals surface area (Å²) in [6, 6.07) is 4.50. The maximum atomic E-state index is 13.8. The molecule has 0 aliphatic rings. The Labute approximate surface area is 128 Å². The second-order valence-corrected chi connectivity index (χ2v) is 5.09. The summed E-state index contributed by atoms with van der Waals surface area (Å²) < 4.78 is 46.5. The molecule has 0 saturated carbocycles. The number of benzene rings is 2. The maximum Gasteiger partial charge on any atom is 0.167 e. The van der Waals surface area contributed by atoms with E-state index in [9.17, 15) is 13.2 Å². The Hall–Kier alpha value is -1.89. The highest BCUT2D eigenvalue weighted by atomic mass is 79.9. The van der Waals surface area contributed by atoms with Crippen molar-refractivity contribution in [1.82, 2.24) is 0 Å². The van der Waals surface area contributed by atoms with Crippen LogP contribution in [0.5, 0.6) is 5.75 Å². The monoisotopic (exact) mass is 360 g/mol. The first kappa shape index (κ1) is 15.5. The third-order valence-electron chi connectivity index (χ3n) is 2.67. The summed E-state index contributed by atoms with van der Waals surface area (Å²) in [6.45, 7) is 1.94. The smallest absolute Gasteiger partial charge is 0.167 e. The molecule has 0 bridgehead atoms. The van der Waals surface area contributed by atoms with Crippen LogP contribution in [-0.4, -0.2) is 6.61 Å². The fourth-order valence-corrected chi connectivity index (χ4v) is 2.14. The fraction of sp³-hybridized carbons (Fsp3) is 0.143. The summed E-state index contributed by atoms with van der Waals surface area (Å²) in [5.74, 6) is -2.30. The van der Waals surface area contributed by atoms with Crippen molar-refractivity contribution in [2.45, 2.75) is 6.92 Å². The van der Waals surface area contributed by atoms with Gasteiger partial charge in [0.2, 0.25) is 0 Å². The van der Waals surface area contributed by atoms with Gasteiger partial charge in [0, 0.05) is 16.6 Å². The summed E-state index contributed by atoms with van der Waals surface area (Å²) in [7, 11) is 0. The van der Waals surface area contributed by atoms with Gasteiger partial charge >= 0.3 is 0 Å².